The summed E-state index contributed by atoms with van der Waals surface area (Å²) in [5.41, 5.74) is -0.392. The summed E-state index contributed by atoms with van der Waals surface area (Å²) in [4.78, 5) is 25.2. The van der Waals surface area contributed by atoms with Crippen molar-refractivity contribution in [1.29, 1.82) is 0 Å². The molecule has 9 heteroatoms. The lowest BCUT2D eigenvalue weighted by Crippen LogP contribution is -2.10. The molecule has 2 aromatic rings. The number of non-ortho nitro benzene ring substituents is 2. The summed E-state index contributed by atoms with van der Waals surface area (Å²) in [6, 6.07) is 2.22. The summed E-state index contributed by atoms with van der Waals surface area (Å²) in [7, 11) is 0. The average molecular weight is 322 g/mol. The van der Waals surface area contributed by atoms with Gasteiger partial charge >= 0.3 is 5.69 Å². The molecule has 0 spiro atoms. The monoisotopic (exact) mass is 322 g/mol. The first-order valence-electron chi connectivity index (χ1n) is 6.70. The summed E-state index contributed by atoms with van der Waals surface area (Å²) < 4.78 is 1.84. The molecular weight excluding hydrogens is 308 g/mol. The number of hydrogen-bond donors (Lipinski definition) is 0. The van der Waals surface area contributed by atoms with E-state index in [4.69, 9.17) is 12.2 Å². The van der Waals surface area contributed by atoms with Crippen molar-refractivity contribution < 1.29 is 9.85 Å². The van der Waals surface area contributed by atoms with Gasteiger partial charge in [-0.2, -0.15) is 0 Å². The van der Waals surface area contributed by atoms with E-state index < -0.39 is 9.85 Å². The van der Waals surface area contributed by atoms with Gasteiger partial charge in [0, 0.05) is 18.0 Å². The Morgan fingerprint density at radius 3 is 2.50 bits per heavy atom. The van der Waals surface area contributed by atoms with Crippen LogP contribution in [0.25, 0.3) is 10.9 Å². The first-order valence-corrected chi connectivity index (χ1v) is 7.11. The van der Waals surface area contributed by atoms with E-state index in [2.05, 4.69) is 4.98 Å². The topological polar surface area (TPSA) is 104 Å². The molecule has 116 valence electrons. The van der Waals surface area contributed by atoms with E-state index in [1.54, 1.807) is 11.5 Å². The van der Waals surface area contributed by atoms with Crippen LogP contribution >= 0.6 is 12.2 Å². The van der Waals surface area contributed by atoms with Crippen LogP contribution in [-0.2, 0) is 6.54 Å². The van der Waals surface area contributed by atoms with Crippen LogP contribution < -0.4 is 0 Å². The number of aryl methyl sites for hydroxylation is 2. The summed E-state index contributed by atoms with van der Waals surface area (Å²) in [5, 5.41) is 22.6. The maximum atomic E-state index is 11.4. The molecule has 0 aliphatic rings. The fraction of sp³-hybridized carbons (Fsp3) is 0.385. The molecule has 0 saturated carbocycles. The number of nitro benzene ring substituents is 2. The van der Waals surface area contributed by atoms with Crippen molar-refractivity contribution in [3.63, 3.8) is 0 Å². The van der Waals surface area contributed by atoms with E-state index in [0.717, 1.165) is 18.9 Å². The number of hydrogen-bond acceptors (Lipinski definition) is 6. The molecule has 0 atom stereocenters. The van der Waals surface area contributed by atoms with Gasteiger partial charge in [-0.3, -0.25) is 20.2 Å². The molecule has 0 radical (unpaired) electrons. The van der Waals surface area contributed by atoms with E-state index in [1.165, 1.54) is 6.07 Å². The zero-order chi connectivity index (χ0) is 16.4. The van der Waals surface area contributed by atoms with Crippen molar-refractivity contribution in [2.24, 2.45) is 0 Å². The number of benzene rings is 1. The molecule has 0 aliphatic carbocycles. The molecule has 1 aromatic heterocycles. The Hall–Kier alpha value is -2.42. The zero-order valence-corrected chi connectivity index (χ0v) is 12.9. The molecule has 1 aromatic carbocycles. The van der Waals surface area contributed by atoms with E-state index in [9.17, 15) is 20.2 Å². The first kappa shape index (κ1) is 16.0. The van der Waals surface area contributed by atoms with E-state index >= 15 is 0 Å². The number of unbranched alkanes of at least 4 members (excludes halogenated alkanes) is 1. The zero-order valence-electron chi connectivity index (χ0n) is 12.1. The highest BCUT2D eigenvalue weighted by atomic mass is 32.1. The number of rotatable bonds is 5. The molecule has 2 rings (SSSR count). The van der Waals surface area contributed by atoms with Crippen LogP contribution in [0.2, 0.25) is 0 Å². The largest absolute Gasteiger partial charge is 0.324 e. The summed E-state index contributed by atoms with van der Waals surface area (Å²) in [6.07, 6.45) is 1.72. The molecule has 0 bridgehead atoms. The van der Waals surface area contributed by atoms with Crippen LogP contribution in [0.4, 0.5) is 11.4 Å². The molecule has 0 saturated heterocycles. The SMILES string of the molecule is CCCCn1c(C)nc(=S)c2cc([N+](=O)[O-])cc([N+](=O)[O-])c21. The predicted octanol–water partition coefficient (Wildman–Crippen LogP) is 3.69. The molecule has 8 nitrogen and oxygen atoms in total. The number of nitrogens with zero attached hydrogens (tertiary/aromatic N) is 4. The minimum Gasteiger partial charge on any atom is -0.324 e. The van der Waals surface area contributed by atoms with Gasteiger partial charge in [0.25, 0.3) is 5.69 Å². The quantitative estimate of drug-likeness (QED) is 0.472. The van der Waals surface area contributed by atoms with Gasteiger partial charge in [-0.15, -0.1) is 0 Å². The Bertz CT molecular complexity index is 831. The van der Waals surface area contributed by atoms with Crippen LogP contribution in [-0.4, -0.2) is 19.4 Å². The molecule has 0 amide bonds. The van der Waals surface area contributed by atoms with E-state index in [-0.39, 0.29) is 21.4 Å². The third-order valence-corrected chi connectivity index (χ3v) is 3.68. The van der Waals surface area contributed by atoms with Crippen LogP contribution in [0, 0.1) is 31.8 Å². The van der Waals surface area contributed by atoms with Gasteiger partial charge in [0.05, 0.1) is 15.9 Å². The molecule has 0 fully saturated rings. The highest BCUT2D eigenvalue weighted by Crippen LogP contribution is 2.32. The van der Waals surface area contributed by atoms with Crippen LogP contribution in [0.3, 0.4) is 0 Å². The minimum atomic E-state index is -0.669. The second-order valence-electron chi connectivity index (χ2n) is 4.84. The highest BCUT2D eigenvalue weighted by Gasteiger charge is 2.23. The number of nitro groups is 2. The van der Waals surface area contributed by atoms with Gasteiger partial charge in [0.15, 0.2) is 0 Å². The average Bonchev–Trinajstić information content (AvgIpc) is 2.45. The lowest BCUT2D eigenvalue weighted by molar-refractivity contribution is -0.393. The van der Waals surface area contributed by atoms with Crippen molar-refractivity contribution in [2.45, 2.75) is 33.2 Å². The third-order valence-electron chi connectivity index (χ3n) is 3.37. The van der Waals surface area contributed by atoms with Gasteiger partial charge in [-0.05, 0) is 13.3 Å². The predicted molar refractivity (Wildman–Crippen MR) is 83.5 cm³/mol. The highest BCUT2D eigenvalue weighted by molar-refractivity contribution is 7.71. The van der Waals surface area contributed by atoms with Crippen molar-refractivity contribution >= 4 is 34.5 Å². The summed E-state index contributed by atoms with van der Waals surface area (Å²) in [5.74, 6) is 0.558. The van der Waals surface area contributed by atoms with Crippen molar-refractivity contribution in [3.8, 4) is 0 Å². The molecule has 1 heterocycles. The van der Waals surface area contributed by atoms with Crippen molar-refractivity contribution in [3.05, 3.63) is 42.8 Å². The van der Waals surface area contributed by atoms with Crippen LogP contribution in [0.1, 0.15) is 25.6 Å². The third kappa shape index (κ3) is 2.80. The molecule has 0 unspecified atom stereocenters. The van der Waals surface area contributed by atoms with Crippen LogP contribution in [0.5, 0.6) is 0 Å². The fourth-order valence-corrected chi connectivity index (χ4v) is 2.60. The summed E-state index contributed by atoms with van der Waals surface area (Å²) in [6.45, 7) is 4.27. The van der Waals surface area contributed by atoms with Gasteiger partial charge in [0.2, 0.25) is 0 Å². The van der Waals surface area contributed by atoms with Gasteiger partial charge in [0.1, 0.15) is 16.0 Å². The maximum Gasteiger partial charge on any atom is 0.300 e. The molecule has 0 aliphatic heterocycles. The Morgan fingerprint density at radius 1 is 1.27 bits per heavy atom. The fourth-order valence-electron chi connectivity index (χ4n) is 2.31. The van der Waals surface area contributed by atoms with Crippen molar-refractivity contribution in [1.82, 2.24) is 9.55 Å². The van der Waals surface area contributed by atoms with E-state index in [1.807, 2.05) is 6.92 Å². The second-order valence-corrected chi connectivity index (χ2v) is 5.23. The lowest BCUT2D eigenvalue weighted by Gasteiger charge is -2.13. The molecule has 0 N–H and O–H groups in total. The lowest BCUT2D eigenvalue weighted by atomic mass is 10.1. The normalized spacial score (nSPS) is 10.8. The Kier molecular flexibility index (Phi) is 4.45. The van der Waals surface area contributed by atoms with Crippen molar-refractivity contribution in [2.75, 3.05) is 0 Å². The Balaban J connectivity index is 2.94. The van der Waals surface area contributed by atoms with Crippen LogP contribution in [0.15, 0.2) is 12.1 Å². The standard InChI is InChI=1S/C13H14N4O4S/c1-3-4-5-15-8(2)14-13(22)10-6-9(16(18)19)7-11(12(10)15)17(20)21/h6-7H,3-5H2,1-2H3. The molecule has 22 heavy (non-hydrogen) atoms. The van der Waals surface area contributed by atoms with Gasteiger partial charge in [-0.1, -0.05) is 25.6 Å². The minimum absolute atomic E-state index is 0.132. The smallest absolute Gasteiger partial charge is 0.300 e. The maximum absolute atomic E-state index is 11.4. The Labute approximate surface area is 130 Å². The van der Waals surface area contributed by atoms with Gasteiger partial charge in [-0.25, -0.2) is 4.98 Å². The Morgan fingerprint density at radius 2 is 1.95 bits per heavy atom. The summed E-state index contributed by atoms with van der Waals surface area (Å²) >= 11 is 5.14. The first-order chi connectivity index (χ1) is 10.4. The van der Waals surface area contributed by atoms with E-state index in [0.29, 0.717) is 17.9 Å². The second kappa shape index (κ2) is 6.14. The van der Waals surface area contributed by atoms with Gasteiger partial charge < -0.3 is 4.57 Å². The number of fused-ring (bicyclic) bond motifs is 1. The molecular formula is C13H14N4O4S. The number of aromatic nitrogens is 2.